The Morgan fingerprint density at radius 1 is 1.53 bits per heavy atom. The fraction of sp³-hybridized carbons (Fsp3) is 0.462. The minimum Gasteiger partial charge on any atom is -0.492 e. The summed E-state index contributed by atoms with van der Waals surface area (Å²) in [6.45, 7) is 3.16. The number of carbonyl (C=O) groups excluding carboxylic acids is 1. The zero-order valence-corrected chi connectivity index (χ0v) is 9.94. The molecule has 1 aliphatic rings. The Bertz CT molecular complexity index is 386. The summed E-state index contributed by atoms with van der Waals surface area (Å²) >= 11 is 0. The Hall–Kier alpha value is -1.55. The highest BCUT2D eigenvalue weighted by atomic mass is 16.5. The third-order valence-electron chi connectivity index (χ3n) is 2.67. The summed E-state index contributed by atoms with van der Waals surface area (Å²) in [4.78, 5) is 11.9. The van der Waals surface area contributed by atoms with E-state index in [2.05, 4.69) is 5.32 Å². The van der Waals surface area contributed by atoms with E-state index >= 15 is 0 Å². The number of hydrogen-bond donors (Lipinski definition) is 1. The molecule has 0 unspecified atom stereocenters. The van der Waals surface area contributed by atoms with Gasteiger partial charge in [0, 0.05) is 6.61 Å². The maximum absolute atomic E-state index is 11.9. The minimum absolute atomic E-state index is 0.0883. The van der Waals surface area contributed by atoms with Crippen LogP contribution in [0.1, 0.15) is 19.8 Å². The summed E-state index contributed by atoms with van der Waals surface area (Å²) in [5.74, 6) is 0.607. The van der Waals surface area contributed by atoms with Crippen molar-refractivity contribution in [3.8, 4) is 5.75 Å². The molecule has 1 fully saturated rings. The molecule has 0 aromatic heterocycles. The predicted molar refractivity (Wildman–Crippen MR) is 65.2 cm³/mol. The molecule has 1 atom stereocenters. The van der Waals surface area contributed by atoms with Crippen LogP contribution in [0.3, 0.4) is 0 Å². The molecule has 0 spiro atoms. The van der Waals surface area contributed by atoms with Gasteiger partial charge in [0.15, 0.2) is 0 Å². The van der Waals surface area contributed by atoms with Gasteiger partial charge >= 0.3 is 0 Å². The topological polar surface area (TPSA) is 47.6 Å². The minimum atomic E-state index is -0.315. The van der Waals surface area contributed by atoms with Crippen LogP contribution in [0.5, 0.6) is 5.75 Å². The Morgan fingerprint density at radius 3 is 3.06 bits per heavy atom. The molecule has 1 aliphatic heterocycles. The van der Waals surface area contributed by atoms with Gasteiger partial charge in [-0.15, -0.1) is 0 Å². The zero-order valence-electron chi connectivity index (χ0n) is 9.94. The monoisotopic (exact) mass is 235 g/mol. The lowest BCUT2D eigenvalue weighted by atomic mass is 10.2. The summed E-state index contributed by atoms with van der Waals surface area (Å²) in [5, 5.41) is 2.85. The molecule has 2 rings (SSSR count). The van der Waals surface area contributed by atoms with Gasteiger partial charge in [0.05, 0.1) is 12.3 Å². The van der Waals surface area contributed by atoms with Gasteiger partial charge in [-0.05, 0) is 31.9 Å². The molecule has 0 aliphatic carbocycles. The molecule has 0 bridgehead atoms. The van der Waals surface area contributed by atoms with Crippen molar-refractivity contribution in [3.05, 3.63) is 24.3 Å². The average Bonchev–Trinajstić information content (AvgIpc) is 2.85. The van der Waals surface area contributed by atoms with Crippen molar-refractivity contribution in [2.75, 3.05) is 18.5 Å². The quantitative estimate of drug-likeness (QED) is 0.870. The molecule has 1 aromatic rings. The van der Waals surface area contributed by atoms with Gasteiger partial charge in [0.1, 0.15) is 11.9 Å². The molecule has 1 saturated heterocycles. The van der Waals surface area contributed by atoms with Crippen LogP contribution in [-0.4, -0.2) is 25.2 Å². The zero-order chi connectivity index (χ0) is 12.1. The molecule has 0 saturated carbocycles. The highest BCUT2D eigenvalue weighted by Crippen LogP contribution is 2.24. The Kier molecular flexibility index (Phi) is 3.98. The SMILES string of the molecule is CCOc1ccccc1NC(=O)[C@H]1CCCO1. The number of anilines is 1. The molecule has 92 valence electrons. The third-order valence-corrected chi connectivity index (χ3v) is 2.67. The maximum Gasteiger partial charge on any atom is 0.253 e. The number of benzene rings is 1. The number of ether oxygens (including phenoxy) is 2. The largest absolute Gasteiger partial charge is 0.492 e. The summed E-state index contributed by atoms with van der Waals surface area (Å²) in [5.41, 5.74) is 0.704. The number of hydrogen-bond acceptors (Lipinski definition) is 3. The van der Waals surface area contributed by atoms with Gasteiger partial charge in [-0.1, -0.05) is 12.1 Å². The highest BCUT2D eigenvalue weighted by Gasteiger charge is 2.24. The van der Waals surface area contributed by atoms with E-state index in [1.54, 1.807) is 0 Å². The number of amides is 1. The second kappa shape index (κ2) is 5.68. The second-order valence-corrected chi connectivity index (χ2v) is 3.92. The van der Waals surface area contributed by atoms with Crippen LogP contribution in [0.15, 0.2) is 24.3 Å². The maximum atomic E-state index is 11.9. The lowest BCUT2D eigenvalue weighted by molar-refractivity contribution is -0.124. The van der Waals surface area contributed by atoms with Crippen molar-refractivity contribution in [2.24, 2.45) is 0 Å². The first-order chi connectivity index (χ1) is 8.31. The molecule has 4 nitrogen and oxygen atoms in total. The molecule has 1 aromatic carbocycles. The molecule has 1 heterocycles. The summed E-state index contributed by atoms with van der Waals surface area (Å²) in [7, 11) is 0. The van der Waals surface area contributed by atoms with E-state index < -0.39 is 0 Å². The molecule has 1 amide bonds. The van der Waals surface area contributed by atoms with Crippen LogP contribution in [-0.2, 0) is 9.53 Å². The van der Waals surface area contributed by atoms with Gasteiger partial charge < -0.3 is 14.8 Å². The van der Waals surface area contributed by atoms with Crippen molar-refractivity contribution in [1.29, 1.82) is 0 Å². The highest BCUT2D eigenvalue weighted by molar-refractivity contribution is 5.95. The molecule has 4 heteroatoms. The number of nitrogens with one attached hydrogen (secondary N) is 1. The van der Waals surface area contributed by atoms with Crippen molar-refractivity contribution < 1.29 is 14.3 Å². The van der Waals surface area contributed by atoms with Gasteiger partial charge in [0.25, 0.3) is 5.91 Å². The Labute approximate surface area is 101 Å². The van der Waals surface area contributed by atoms with Crippen LogP contribution in [0, 0.1) is 0 Å². The lowest BCUT2D eigenvalue weighted by Crippen LogP contribution is -2.27. The van der Waals surface area contributed by atoms with Gasteiger partial charge in [-0.3, -0.25) is 4.79 Å². The third kappa shape index (κ3) is 2.97. The van der Waals surface area contributed by atoms with Crippen LogP contribution < -0.4 is 10.1 Å². The summed E-state index contributed by atoms with van der Waals surface area (Å²) < 4.78 is 10.8. The van der Waals surface area contributed by atoms with Crippen molar-refractivity contribution in [3.63, 3.8) is 0 Å². The second-order valence-electron chi connectivity index (χ2n) is 3.92. The molecular weight excluding hydrogens is 218 g/mol. The van der Waals surface area contributed by atoms with E-state index in [0.717, 1.165) is 12.8 Å². The fourth-order valence-corrected chi connectivity index (χ4v) is 1.85. The van der Waals surface area contributed by atoms with Crippen molar-refractivity contribution in [2.45, 2.75) is 25.9 Å². The lowest BCUT2D eigenvalue weighted by Gasteiger charge is -2.13. The molecular formula is C13H17NO3. The van der Waals surface area contributed by atoms with E-state index in [1.807, 2.05) is 31.2 Å². The molecule has 0 radical (unpaired) electrons. The fourth-order valence-electron chi connectivity index (χ4n) is 1.85. The van der Waals surface area contributed by atoms with E-state index in [4.69, 9.17) is 9.47 Å². The molecule has 1 N–H and O–H groups in total. The first kappa shape index (κ1) is 11.9. The number of rotatable bonds is 4. The molecule has 17 heavy (non-hydrogen) atoms. The summed E-state index contributed by atoms with van der Waals surface area (Å²) in [6.07, 6.45) is 1.43. The number of para-hydroxylation sites is 2. The number of carbonyl (C=O) groups is 1. The Morgan fingerprint density at radius 2 is 2.35 bits per heavy atom. The smallest absolute Gasteiger partial charge is 0.253 e. The first-order valence-electron chi connectivity index (χ1n) is 5.95. The summed E-state index contributed by atoms with van der Waals surface area (Å²) in [6, 6.07) is 7.42. The normalized spacial score (nSPS) is 19.0. The van der Waals surface area contributed by atoms with Gasteiger partial charge in [-0.2, -0.15) is 0 Å². The van der Waals surface area contributed by atoms with E-state index in [0.29, 0.717) is 24.7 Å². The van der Waals surface area contributed by atoms with E-state index in [1.165, 1.54) is 0 Å². The van der Waals surface area contributed by atoms with Crippen molar-refractivity contribution in [1.82, 2.24) is 0 Å². The van der Waals surface area contributed by atoms with Crippen molar-refractivity contribution >= 4 is 11.6 Å². The average molecular weight is 235 g/mol. The van der Waals surface area contributed by atoms with E-state index in [9.17, 15) is 4.79 Å². The predicted octanol–water partition coefficient (Wildman–Crippen LogP) is 2.20. The van der Waals surface area contributed by atoms with Crippen LogP contribution >= 0.6 is 0 Å². The first-order valence-corrected chi connectivity index (χ1v) is 5.95. The van der Waals surface area contributed by atoms with Crippen LogP contribution in [0.4, 0.5) is 5.69 Å². The van der Waals surface area contributed by atoms with Gasteiger partial charge in [0.2, 0.25) is 0 Å². The van der Waals surface area contributed by atoms with Gasteiger partial charge in [-0.25, -0.2) is 0 Å². The standard InChI is InChI=1S/C13H17NO3/c1-2-16-11-7-4-3-6-10(11)14-13(15)12-8-5-9-17-12/h3-4,6-7,12H,2,5,8-9H2,1H3,(H,14,15)/t12-/m1/s1. The Balaban J connectivity index is 2.04. The van der Waals surface area contributed by atoms with Crippen LogP contribution in [0.2, 0.25) is 0 Å². The van der Waals surface area contributed by atoms with E-state index in [-0.39, 0.29) is 12.0 Å². The van der Waals surface area contributed by atoms with Crippen LogP contribution in [0.25, 0.3) is 0 Å².